The summed E-state index contributed by atoms with van der Waals surface area (Å²) in [6.45, 7) is 0.894. The average molecular weight is 264 g/mol. The van der Waals surface area contributed by atoms with Crippen molar-refractivity contribution < 1.29 is 19.5 Å². The number of carbonyl (C=O) groups is 3. The van der Waals surface area contributed by atoms with Crippen molar-refractivity contribution in [3.63, 3.8) is 0 Å². The fraction of sp³-hybridized carbons (Fsp3) is 0.462. The van der Waals surface area contributed by atoms with Crippen LogP contribution in [0.4, 0.5) is 0 Å². The highest BCUT2D eigenvalue weighted by molar-refractivity contribution is 5.84. The topological polar surface area (TPSA) is 79.6 Å². The van der Waals surface area contributed by atoms with E-state index in [1.165, 1.54) is 4.90 Å². The van der Waals surface area contributed by atoms with Gasteiger partial charge in [-0.25, -0.2) is 4.79 Å². The van der Waals surface area contributed by atoms with Crippen LogP contribution < -0.4 is 0 Å². The predicted molar refractivity (Wildman–Crippen MR) is 66.8 cm³/mol. The zero-order chi connectivity index (χ0) is 13.8. The molecule has 102 valence electrons. The molecule has 1 aliphatic heterocycles. The van der Waals surface area contributed by atoms with Gasteiger partial charge in [0.2, 0.25) is 5.91 Å². The third-order valence-corrected chi connectivity index (χ3v) is 3.41. The van der Waals surface area contributed by atoms with Crippen LogP contribution in [-0.2, 0) is 16.1 Å². The highest BCUT2D eigenvalue weighted by atomic mass is 16.4. The number of aryl methyl sites for hydroxylation is 1. The zero-order valence-electron chi connectivity index (χ0n) is 10.5. The van der Waals surface area contributed by atoms with Crippen LogP contribution in [0.1, 0.15) is 29.8 Å². The van der Waals surface area contributed by atoms with Gasteiger partial charge in [-0.05, 0) is 25.0 Å². The van der Waals surface area contributed by atoms with Crippen molar-refractivity contribution in [3.05, 3.63) is 24.0 Å². The van der Waals surface area contributed by atoms with E-state index in [0.717, 1.165) is 12.7 Å². The largest absolute Gasteiger partial charge is 0.480 e. The smallest absolute Gasteiger partial charge is 0.326 e. The molecule has 2 heterocycles. The number of carboxylic acids is 1. The fourth-order valence-corrected chi connectivity index (χ4v) is 2.42. The van der Waals surface area contributed by atoms with Gasteiger partial charge in [0, 0.05) is 25.7 Å². The number of rotatable bonds is 5. The molecule has 2 rings (SSSR count). The minimum atomic E-state index is -0.944. The van der Waals surface area contributed by atoms with Crippen molar-refractivity contribution >= 4 is 18.2 Å². The number of hydrogen-bond donors (Lipinski definition) is 1. The minimum Gasteiger partial charge on any atom is -0.480 e. The van der Waals surface area contributed by atoms with E-state index in [1.54, 1.807) is 22.9 Å². The first-order valence-corrected chi connectivity index (χ1v) is 6.26. The number of nitrogens with zero attached hydrogens (tertiary/aromatic N) is 2. The van der Waals surface area contributed by atoms with Crippen LogP contribution in [0.15, 0.2) is 18.3 Å². The van der Waals surface area contributed by atoms with Gasteiger partial charge in [0.05, 0.1) is 5.69 Å². The molecule has 1 N–H and O–H groups in total. The van der Waals surface area contributed by atoms with E-state index in [2.05, 4.69) is 0 Å². The molecule has 0 bridgehead atoms. The van der Waals surface area contributed by atoms with Crippen molar-refractivity contribution in [2.75, 3.05) is 6.54 Å². The van der Waals surface area contributed by atoms with E-state index in [1.807, 2.05) is 0 Å². The molecule has 1 amide bonds. The van der Waals surface area contributed by atoms with E-state index in [-0.39, 0.29) is 12.3 Å². The van der Waals surface area contributed by atoms with Crippen molar-refractivity contribution in [2.45, 2.75) is 31.8 Å². The fourth-order valence-electron chi connectivity index (χ4n) is 2.42. The molecule has 1 saturated heterocycles. The van der Waals surface area contributed by atoms with Crippen LogP contribution in [0.5, 0.6) is 0 Å². The Balaban J connectivity index is 1.94. The lowest BCUT2D eigenvalue weighted by atomic mass is 10.2. The first-order valence-electron chi connectivity index (χ1n) is 6.26. The second-order valence-corrected chi connectivity index (χ2v) is 4.58. The number of aliphatic carboxylic acids is 1. The molecule has 0 aromatic carbocycles. The van der Waals surface area contributed by atoms with Crippen LogP contribution in [0.3, 0.4) is 0 Å². The zero-order valence-corrected chi connectivity index (χ0v) is 10.5. The number of aldehydes is 1. The summed E-state index contributed by atoms with van der Waals surface area (Å²) in [7, 11) is 0. The number of hydrogen-bond acceptors (Lipinski definition) is 3. The first-order chi connectivity index (χ1) is 9.13. The molecule has 6 nitrogen and oxygen atoms in total. The van der Waals surface area contributed by atoms with Crippen molar-refractivity contribution in [2.24, 2.45) is 0 Å². The number of carbonyl (C=O) groups excluding carboxylic acids is 2. The van der Waals surface area contributed by atoms with E-state index >= 15 is 0 Å². The van der Waals surface area contributed by atoms with Crippen molar-refractivity contribution in [1.82, 2.24) is 9.47 Å². The summed E-state index contributed by atoms with van der Waals surface area (Å²) >= 11 is 0. The molecular formula is C13H16N2O4. The maximum atomic E-state index is 12.0. The summed E-state index contributed by atoms with van der Waals surface area (Å²) in [5.74, 6) is -1.11. The van der Waals surface area contributed by atoms with E-state index < -0.39 is 12.0 Å². The van der Waals surface area contributed by atoms with Gasteiger partial charge < -0.3 is 14.6 Å². The molecule has 1 atom stereocenters. The van der Waals surface area contributed by atoms with Gasteiger partial charge in [0.1, 0.15) is 6.04 Å². The minimum absolute atomic E-state index is 0.171. The molecule has 1 aliphatic rings. The highest BCUT2D eigenvalue weighted by Gasteiger charge is 2.33. The summed E-state index contributed by atoms with van der Waals surface area (Å²) in [5.41, 5.74) is 0.518. The summed E-state index contributed by atoms with van der Waals surface area (Å²) in [5, 5.41) is 9.02. The van der Waals surface area contributed by atoms with E-state index in [4.69, 9.17) is 5.11 Å². The van der Waals surface area contributed by atoms with Gasteiger partial charge in [-0.1, -0.05) is 0 Å². The lowest BCUT2D eigenvalue weighted by Gasteiger charge is -2.21. The number of likely N-dealkylation sites (tertiary alicyclic amines) is 1. The summed E-state index contributed by atoms with van der Waals surface area (Å²) < 4.78 is 1.69. The monoisotopic (exact) mass is 264 g/mol. The average Bonchev–Trinajstić information content (AvgIpc) is 3.04. The van der Waals surface area contributed by atoms with Crippen LogP contribution in [-0.4, -0.2) is 45.3 Å². The predicted octanol–water partition coefficient (Wildman–Crippen LogP) is 0.766. The number of amides is 1. The number of carboxylic acid groups (broad SMARTS) is 1. The molecule has 1 aromatic heterocycles. The Morgan fingerprint density at radius 3 is 2.95 bits per heavy atom. The Labute approximate surface area is 110 Å². The first kappa shape index (κ1) is 13.3. The second-order valence-electron chi connectivity index (χ2n) is 4.58. The quantitative estimate of drug-likeness (QED) is 0.796. The SMILES string of the molecule is O=Cc1cccn1CCC(=O)N1CCCC1C(=O)O. The maximum absolute atomic E-state index is 12.0. The molecule has 1 fully saturated rings. The van der Waals surface area contributed by atoms with Crippen LogP contribution in [0.25, 0.3) is 0 Å². The Morgan fingerprint density at radius 2 is 2.26 bits per heavy atom. The molecule has 0 aliphatic carbocycles. The molecule has 1 unspecified atom stereocenters. The highest BCUT2D eigenvalue weighted by Crippen LogP contribution is 2.18. The molecule has 0 saturated carbocycles. The Hall–Kier alpha value is -2.11. The van der Waals surface area contributed by atoms with E-state index in [9.17, 15) is 14.4 Å². The van der Waals surface area contributed by atoms with Gasteiger partial charge in [-0.3, -0.25) is 9.59 Å². The Kier molecular flexibility index (Phi) is 3.99. The lowest BCUT2D eigenvalue weighted by molar-refractivity contribution is -0.148. The van der Waals surface area contributed by atoms with Gasteiger partial charge in [-0.2, -0.15) is 0 Å². The van der Waals surface area contributed by atoms with Gasteiger partial charge >= 0.3 is 5.97 Å². The maximum Gasteiger partial charge on any atom is 0.326 e. The third-order valence-electron chi connectivity index (χ3n) is 3.41. The third kappa shape index (κ3) is 2.83. The van der Waals surface area contributed by atoms with E-state index in [0.29, 0.717) is 25.2 Å². The molecule has 0 radical (unpaired) electrons. The Morgan fingerprint density at radius 1 is 1.47 bits per heavy atom. The summed E-state index contributed by atoms with van der Waals surface area (Å²) in [4.78, 5) is 35.2. The standard InChI is InChI=1S/C13H16N2O4/c16-9-10-3-1-6-14(10)8-5-12(17)15-7-2-4-11(15)13(18)19/h1,3,6,9,11H,2,4-5,7-8H2,(H,18,19). The lowest BCUT2D eigenvalue weighted by Crippen LogP contribution is -2.40. The molecule has 6 heteroatoms. The van der Waals surface area contributed by atoms with Gasteiger partial charge in [0.25, 0.3) is 0 Å². The Bertz CT molecular complexity index is 495. The van der Waals surface area contributed by atoms with Crippen LogP contribution in [0, 0.1) is 0 Å². The van der Waals surface area contributed by atoms with Crippen LogP contribution in [0.2, 0.25) is 0 Å². The second kappa shape index (κ2) is 5.69. The summed E-state index contributed by atoms with van der Waals surface area (Å²) in [6.07, 6.45) is 3.92. The normalized spacial score (nSPS) is 18.5. The van der Waals surface area contributed by atoms with Gasteiger partial charge in [0.15, 0.2) is 6.29 Å². The molecule has 0 spiro atoms. The van der Waals surface area contributed by atoms with Crippen molar-refractivity contribution in [1.29, 1.82) is 0 Å². The van der Waals surface area contributed by atoms with Gasteiger partial charge in [-0.15, -0.1) is 0 Å². The molecule has 19 heavy (non-hydrogen) atoms. The number of aromatic nitrogens is 1. The molecule has 1 aromatic rings. The molecular weight excluding hydrogens is 248 g/mol. The van der Waals surface area contributed by atoms with Crippen LogP contribution >= 0.6 is 0 Å². The van der Waals surface area contributed by atoms with Crippen molar-refractivity contribution in [3.8, 4) is 0 Å². The summed E-state index contributed by atoms with van der Waals surface area (Å²) in [6, 6.07) is 2.72.